The van der Waals surface area contributed by atoms with Gasteiger partial charge in [-0.05, 0) is 24.3 Å². The van der Waals surface area contributed by atoms with E-state index in [-0.39, 0.29) is 11.3 Å². The Hall–Kier alpha value is -2.88. The van der Waals surface area contributed by atoms with Crippen molar-refractivity contribution in [1.82, 2.24) is 5.01 Å². The van der Waals surface area contributed by atoms with E-state index in [0.717, 1.165) is 0 Å². The predicted molar refractivity (Wildman–Crippen MR) is 95.9 cm³/mol. The first-order valence-corrected chi connectivity index (χ1v) is 8.97. The predicted octanol–water partition coefficient (Wildman–Crippen LogP) is 4.09. The first-order chi connectivity index (χ1) is 14.4. The third kappa shape index (κ3) is 4.23. The van der Waals surface area contributed by atoms with Crippen LogP contribution < -0.4 is 4.74 Å². The first kappa shape index (κ1) is 25.4. The second-order valence-corrected chi connectivity index (χ2v) is 8.07. The van der Waals surface area contributed by atoms with Gasteiger partial charge in [0.25, 0.3) is 5.91 Å². The topological polar surface area (TPSA) is 85.9 Å². The SMILES string of the molecule is CC(C)(C)C1=NN(C(=O)COc2ccc(C#N)cc2)[C@@](O)(C(F)(F)C(F)(F)C(F)(F)F)C1. The van der Waals surface area contributed by atoms with Crippen molar-refractivity contribution in [2.24, 2.45) is 10.5 Å². The number of amides is 1. The molecule has 0 spiro atoms. The van der Waals surface area contributed by atoms with Gasteiger partial charge in [-0.2, -0.15) is 46.1 Å². The van der Waals surface area contributed by atoms with Gasteiger partial charge in [0.05, 0.1) is 11.6 Å². The molecule has 0 aliphatic carbocycles. The molecule has 1 heterocycles. The molecular weight excluding hydrogens is 451 g/mol. The summed E-state index contributed by atoms with van der Waals surface area (Å²) in [5, 5.41) is 22.1. The lowest BCUT2D eigenvalue weighted by molar-refractivity contribution is -0.401. The molecule has 13 heteroatoms. The van der Waals surface area contributed by atoms with E-state index in [4.69, 9.17) is 10.00 Å². The van der Waals surface area contributed by atoms with Crippen molar-refractivity contribution in [2.75, 3.05) is 6.61 Å². The van der Waals surface area contributed by atoms with E-state index in [2.05, 4.69) is 5.10 Å². The first-order valence-electron chi connectivity index (χ1n) is 8.97. The zero-order valence-corrected chi connectivity index (χ0v) is 17.0. The quantitative estimate of drug-likeness (QED) is 0.659. The highest BCUT2D eigenvalue weighted by Crippen LogP contribution is 2.55. The number of benzene rings is 1. The highest BCUT2D eigenvalue weighted by Gasteiger charge is 2.82. The Balaban J connectivity index is 2.41. The number of alkyl halides is 7. The summed E-state index contributed by atoms with van der Waals surface area (Å²) in [5.74, 6) is -14.5. The summed E-state index contributed by atoms with van der Waals surface area (Å²) in [7, 11) is 0. The van der Waals surface area contributed by atoms with Crippen molar-refractivity contribution < 1.29 is 45.4 Å². The smallest absolute Gasteiger partial charge is 0.460 e. The third-order valence-corrected chi connectivity index (χ3v) is 4.69. The van der Waals surface area contributed by atoms with Crippen LogP contribution >= 0.6 is 0 Å². The maximum absolute atomic E-state index is 14.5. The number of ether oxygens (including phenoxy) is 1. The lowest BCUT2D eigenvalue weighted by Gasteiger charge is -2.41. The van der Waals surface area contributed by atoms with Crippen LogP contribution in [0.4, 0.5) is 30.7 Å². The Morgan fingerprint density at radius 2 is 1.69 bits per heavy atom. The molecule has 0 bridgehead atoms. The number of rotatable bonds is 5. The normalized spacial score (nSPS) is 20.1. The molecule has 176 valence electrons. The van der Waals surface area contributed by atoms with Gasteiger partial charge in [-0.15, -0.1) is 0 Å². The van der Waals surface area contributed by atoms with Gasteiger partial charge >= 0.3 is 18.0 Å². The van der Waals surface area contributed by atoms with Crippen LogP contribution in [0.2, 0.25) is 0 Å². The number of nitriles is 1. The van der Waals surface area contributed by atoms with Gasteiger partial charge in [-0.25, -0.2) is 0 Å². The number of hydrogen-bond acceptors (Lipinski definition) is 5. The monoisotopic (exact) mass is 469 g/mol. The number of nitrogens with zero attached hydrogens (tertiary/aromatic N) is 3. The summed E-state index contributed by atoms with van der Waals surface area (Å²) in [6, 6.07) is 6.86. The maximum Gasteiger partial charge on any atom is 0.460 e. The van der Waals surface area contributed by atoms with Crippen LogP contribution in [0, 0.1) is 16.7 Å². The molecule has 1 aliphatic rings. The number of halogens is 7. The molecule has 32 heavy (non-hydrogen) atoms. The summed E-state index contributed by atoms with van der Waals surface area (Å²) in [6.07, 6.45) is -8.16. The van der Waals surface area contributed by atoms with Crippen molar-refractivity contribution >= 4 is 11.6 Å². The third-order valence-electron chi connectivity index (χ3n) is 4.69. The van der Waals surface area contributed by atoms with Crippen LogP contribution in [0.5, 0.6) is 5.75 Å². The molecular formula is C19H18F7N3O3. The molecule has 0 saturated heterocycles. The molecule has 6 nitrogen and oxygen atoms in total. The fourth-order valence-corrected chi connectivity index (χ4v) is 2.73. The number of hydrazone groups is 1. The summed E-state index contributed by atoms with van der Waals surface area (Å²) >= 11 is 0. The number of aliphatic hydroxyl groups is 1. The molecule has 1 aromatic rings. The van der Waals surface area contributed by atoms with Crippen molar-refractivity contribution in [2.45, 2.75) is 50.9 Å². The fourth-order valence-electron chi connectivity index (χ4n) is 2.73. The average Bonchev–Trinajstić information content (AvgIpc) is 3.05. The Labute approximate surface area is 177 Å². The van der Waals surface area contributed by atoms with E-state index in [1.807, 2.05) is 6.07 Å². The van der Waals surface area contributed by atoms with Gasteiger partial charge in [0.1, 0.15) is 5.75 Å². The molecule has 1 amide bonds. The van der Waals surface area contributed by atoms with Crippen LogP contribution in [-0.4, -0.2) is 52.1 Å². The van der Waals surface area contributed by atoms with E-state index >= 15 is 0 Å². The highest BCUT2D eigenvalue weighted by atomic mass is 19.4. The van der Waals surface area contributed by atoms with Crippen LogP contribution in [0.3, 0.4) is 0 Å². The number of carbonyl (C=O) groups is 1. The second-order valence-electron chi connectivity index (χ2n) is 8.07. The Morgan fingerprint density at radius 3 is 2.12 bits per heavy atom. The molecule has 1 aliphatic heterocycles. The van der Waals surface area contributed by atoms with Crippen molar-refractivity contribution in [3.63, 3.8) is 0 Å². The molecule has 1 N–H and O–H groups in total. The van der Waals surface area contributed by atoms with E-state index in [1.165, 1.54) is 45.0 Å². The minimum Gasteiger partial charge on any atom is -0.484 e. The maximum atomic E-state index is 14.5. The number of carbonyl (C=O) groups excluding carboxylic acids is 1. The van der Waals surface area contributed by atoms with Gasteiger partial charge in [-0.1, -0.05) is 20.8 Å². The van der Waals surface area contributed by atoms with Gasteiger partial charge < -0.3 is 9.84 Å². The largest absolute Gasteiger partial charge is 0.484 e. The molecule has 0 radical (unpaired) electrons. The molecule has 0 fully saturated rings. The average molecular weight is 469 g/mol. The van der Waals surface area contributed by atoms with Crippen molar-refractivity contribution in [1.29, 1.82) is 5.26 Å². The fraction of sp³-hybridized carbons (Fsp3) is 0.526. The molecule has 0 unspecified atom stereocenters. The van der Waals surface area contributed by atoms with Gasteiger partial charge in [0, 0.05) is 17.5 Å². The zero-order valence-electron chi connectivity index (χ0n) is 17.0. The Bertz CT molecular complexity index is 947. The van der Waals surface area contributed by atoms with Gasteiger partial charge in [0.2, 0.25) is 5.72 Å². The molecule has 1 atom stereocenters. The summed E-state index contributed by atoms with van der Waals surface area (Å²) < 4.78 is 99.7. The zero-order chi connectivity index (χ0) is 24.8. The summed E-state index contributed by atoms with van der Waals surface area (Å²) in [6.45, 7) is 3.03. The van der Waals surface area contributed by atoms with E-state index in [1.54, 1.807) is 0 Å². The lowest BCUT2D eigenvalue weighted by Crippen LogP contribution is -2.69. The van der Waals surface area contributed by atoms with E-state index in [9.17, 15) is 40.6 Å². The van der Waals surface area contributed by atoms with Gasteiger partial charge in [0.15, 0.2) is 6.61 Å². The van der Waals surface area contributed by atoms with Crippen LogP contribution in [-0.2, 0) is 4.79 Å². The molecule has 0 saturated carbocycles. The van der Waals surface area contributed by atoms with Gasteiger partial charge in [-0.3, -0.25) is 4.79 Å². The van der Waals surface area contributed by atoms with Crippen molar-refractivity contribution in [3.05, 3.63) is 29.8 Å². The minimum atomic E-state index is -6.72. The van der Waals surface area contributed by atoms with Crippen LogP contribution in [0.1, 0.15) is 32.8 Å². The molecule has 1 aromatic carbocycles. The Kier molecular flexibility index (Phi) is 6.28. The minimum absolute atomic E-state index is 0.0347. The van der Waals surface area contributed by atoms with Crippen LogP contribution in [0.15, 0.2) is 29.4 Å². The standard InChI is InChI=1S/C19H18F7N3O3/c1-15(2,3)13-8-16(31,17(20,21)18(22,23)19(24,25)26)29(28-13)14(30)10-32-12-6-4-11(9-27)5-7-12/h4-7,31H,8,10H2,1-3H3/t16-/m0/s1. The van der Waals surface area contributed by atoms with Crippen molar-refractivity contribution in [3.8, 4) is 11.8 Å². The van der Waals surface area contributed by atoms with Crippen LogP contribution in [0.25, 0.3) is 0 Å². The molecule has 0 aromatic heterocycles. The lowest BCUT2D eigenvalue weighted by atomic mass is 9.83. The highest BCUT2D eigenvalue weighted by molar-refractivity contribution is 5.94. The molecule has 2 rings (SSSR count). The second kappa shape index (κ2) is 7.91. The van der Waals surface area contributed by atoms with E-state index in [0.29, 0.717) is 0 Å². The number of hydrogen-bond donors (Lipinski definition) is 1. The summed E-state index contributed by atoms with van der Waals surface area (Å²) in [5.41, 5.74) is -5.63. The van der Waals surface area contributed by atoms with E-state index < -0.39 is 58.8 Å². The summed E-state index contributed by atoms with van der Waals surface area (Å²) in [4.78, 5) is 12.5. The Morgan fingerprint density at radius 1 is 1.16 bits per heavy atom.